The van der Waals surface area contributed by atoms with Crippen LogP contribution in [0, 0.1) is 0 Å². The van der Waals surface area contributed by atoms with Gasteiger partial charge in [-0.25, -0.2) is 4.98 Å². The molecule has 0 bridgehead atoms. The molecule has 5 nitrogen and oxygen atoms in total. The molecule has 1 heterocycles. The first-order valence-electron chi connectivity index (χ1n) is 6.50. The standard InChI is InChI=1S/C14H16BrN3O2S.ClH/c15-10-1-3-11(4-2-10)20-8-7-17-14(19)12-9-21-13(18-12)5-6-16;/h1-4,9H,5-8,16H2,(H,17,19);1H. The maximum atomic E-state index is 11.9. The van der Waals surface area contributed by atoms with Crippen LogP contribution in [0.3, 0.4) is 0 Å². The minimum absolute atomic E-state index is 0. The van der Waals surface area contributed by atoms with Gasteiger partial charge in [0.1, 0.15) is 18.1 Å². The fourth-order valence-corrected chi connectivity index (χ4v) is 2.67. The van der Waals surface area contributed by atoms with E-state index in [4.69, 9.17) is 10.5 Å². The summed E-state index contributed by atoms with van der Waals surface area (Å²) in [5.41, 5.74) is 5.89. The summed E-state index contributed by atoms with van der Waals surface area (Å²) < 4.78 is 6.52. The van der Waals surface area contributed by atoms with Crippen LogP contribution in [-0.2, 0) is 6.42 Å². The number of rotatable bonds is 7. The molecule has 0 saturated carbocycles. The fourth-order valence-electron chi connectivity index (χ4n) is 1.61. The van der Waals surface area contributed by atoms with Crippen LogP contribution >= 0.6 is 39.7 Å². The lowest BCUT2D eigenvalue weighted by molar-refractivity contribution is 0.0942. The molecular weight excluding hydrogens is 390 g/mol. The molecule has 0 spiro atoms. The van der Waals surface area contributed by atoms with Gasteiger partial charge in [0.2, 0.25) is 0 Å². The van der Waals surface area contributed by atoms with E-state index in [1.54, 1.807) is 5.38 Å². The number of carbonyl (C=O) groups excluding carboxylic acids is 1. The monoisotopic (exact) mass is 405 g/mol. The topological polar surface area (TPSA) is 77.2 Å². The van der Waals surface area contributed by atoms with Crippen molar-refractivity contribution in [1.29, 1.82) is 0 Å². The van der Waals surface area contributed by atoms with Crippen LogP contribution in [0.4, 0.5) is 0 Å². The molecule has 0 aliphatic rings. The first kappa shape index (κ1) is 18.9. The first-order valence-corrected chi connectivity index (χ1v) is 8.17. The molecule has 120 valence electrons. The number of halogens is 2. The Morgan fingerprint density at radius 2 is 2.09 bits per heavy atom. The molecule has 8 heteroatoms. The third kappa shape index (κ3) is 5.92. The molecule has 0 radical (unpaired) electrons. The minimum atomic E-state index is -0.186. The van der Waals surface area contributed by atoms with Gasteiger partial charge in [0.25, 0.3) is 5.91 Å². The largest absolute Gasteiger partial charge is 0.492 e. The molecule has 1 amide bonds. The Morgan fingerprint density at radius 3 is 2.77 bits per heavy atom. The number of hydrogen-bond donors (Lipinski definition) is 2. The highest BCUT2D eigenvalue weighted by Crippen LogP contribution is 2.15. The number of benzene rings is 1. The van der Waals surface area contributed by atoms with E-state index < -0.39 is 0 Å². The third-order valence-electron chi connectivity index (χ3n) is 2.61. The Kier molecular flexibility index (Phi) is 8.40. The van der Waals surface area contributed by atoms with Crippen molar-refractivity contribution in [3.63, 3.8) is 0 Å². The van der Waals surface area contributed by atoms with Crippen molar-refractivity contribution in [2.45, 2.75) is 6.42 Å². The van der Waals surface area contributed by atoms with Crippen LogP contribution in [0.1, 0.15) is 15.5 Å². The highest BCUT2D eigenvalue weighted by molar-refractivity contribution is 9.10. The molecule has 2 rings (SSSR count). The first-order chi connectivity index (χ1) is 10.2. The van der Waals surface area contributed by atoms with Gasteiger partial charge in [0.15, 0.2) is 0 Å². The van der Waals surface area contributed by atoms with Gasteiger partial charge >= 0.3 is 0 Å². The lowest BCUT2D eigenvalue weighted by atomic mass is 10.3. The summed E-state index contributed by atoms with van der Waals surface area (Å²) in [6, 6.07) is 7.54. The summed E-state index contributed by atoms with van der Waals surface area (Å²) in [4.78, 5) is 16.1. The number of ether oxygens (including phenoxy) is 1. The summed E-state index contributed by atoms with van der Waals surface area (Å²) in [6.07, 6.45) is 0.699. The third-order valence-corrected chi connectivity index (χ3v) is 4.05. The zero-order valence-electron chi connectivity index (χ0n) is 11.8. The lowest BCUT2D eigenvalue weighted by Crippen LogP contribution is -2.28. The van der Waals surface area contributed by atoms with E-state index >= 15 is 0 Å². The number of aromatic nitrogens is 1. The average molecular weight is 407 g/mol. The molecule has 1 aromatic carbocycles. The van der Waals surface area contributed by atoms with Crippen molar-refractivity contribution in [2.24, 2.45) is 5.73 Å². The van der Waals surface area contributed by atoms with Crippen LogP contribution in [0.2, 0.25) is 0 Å². The second kappa shape index (κ2) is 9.78. The van der Waals surface area contributed by atoms with E-state index in [0.717, 1.165) is 15.2 Å². The summed E-state index contributed by atoms with van der Waals surface area (Å²) in [7, 11) is 0. The highest BCUT2D eigenvalue weighted by atomic mass is 79.9. The predicted octanol–water partition coefficient (Wildman–Crippen LogP) is 2.64. The van der Waals surface area contributed by atoms with E-state index in [9.17, 15) is 4.79 Å². The van der Waals surface area contributed by atoms with E-state index in [1.807, 2.05) is 24.3 Å². The highest BCUT2D eigenvalue weighted by Gasteiger charge is 2.09. The van der Waals surface area contributed by atoms with Gasteiger partial charge in [-0.15, -0.1) is 23.7 Å². The summed E-state index contributed by atoms with van der Waals surface area (Å²) in [5, 5.41) is 5.40. The molecule has 0 fully saturated rings. The zero-order chi connectivity index (χ0) is 15.1. The molecule has 2 aromatic rings. The van der Waals surface area contributed by atoms with Crippen LogP contribution in [0.25, 0.3) is 0 Å². The molecule has 0 atom stereocenters. The smallest absolute Gasteiger partial charge is 0.270 e. The van der Waals surface area contributed by atoms with E-state index in [0.29, 0.717) is 31.8 Å². The molecule has 0 saturated heterocycles. The van der Waals surface area contributed by atoms with Crippen molar-refractivity contribution in [2.75, 3.05) is 19.7 Å². The number of nitrogens with one attached hydrogen (secondary N) is 1. The number of nitrogens with zero attached hydrogens (tertiary/aromatic N) is 1. The summed E-state index contributed by atoms with van der Waals surface area (Å²) >= 11 is 4.81. The van der Waals surface area contributed by atoms with Gasteiger partial charge in [0.05, 0.1) is 11.6 Å². The zero-order valence-corrected chi connectivity index (χ0v) is 15.0. The number of nitrogens with two attached hydrogens (primary N) is 1. The minimum Gasteiger partial charge on any atom is -0.492 e. The van der Waals surface area contributed by atoms with Crippen molar-refractivity contribution >= 4 is 45.6 Å². The number of hydrogen-bond acceptors (Lipinski definition) is 5. The Hall–Kier alpha value is -1.15. The SMILES string of the molecule is Cl.NCCc1nc(C(=O)NCCOc2ccc(Br)cc2)cs1. The quantitative estimate of drug-likeness (QED) is 0.693. The number of carbonyl (C=O) groups is 1. The van der Waals surface area contributed by atoms with Crippen molar-refractivity contribution in [1.82, 2.24) is 10.3 Å². The Morgan fingerprint density at radius 1 is 1.36 bits per heavy atom. The Bertz CT molecular complexity index is 592. The molecule has 0 unspecified atom stereocenters. The van der Waals surface area contributed by atoms with Gasteiger partial charge in [0, 0.05) is 16.3 Å². The second-order valence-electron chi connectivity index (χ2n) is 4.22. The number of amides is 1. The van der Waals surface area contributed by atoms with Crippen LogP contribution in [0.5, 0.6) is 5.75 Å². The lowest BCUT2D eigenvalue weighted by Gasteiger charge is -2.06. The normalized spacial score (nSPS) is 9.91. The van der Waals surface area contributed by atoms with Crippen molar-refractivity contribution in [3.05, 3.63) is 44.8 Å². The summed E-state index contributed by atoms with van der Waals surface area (Å²) in [5.74, 6) is 0.584. The van der Waals surface area contributed by atoms with Crippen molar-refractivity contribution in [3.8, 4) is 5.75 Å². The molecule has 1 aromatic heterocycles. The second-order valence-corrected chi connectivity index (χ2v) is 6.08. The number of thiazole rings is 1. The molecule has 3 N–H and O–H groups in total. The van der Waals surface area contributed by atoms with Crippen LogP contribution < -0.4 is 15.8 Å². The van der Waals surface area contributed by atoms with E-state index in [1.165, 1.54) is 11.3 Å². The molecule has 0 aliphatic heterocycles. The maximum Gasteiger partial charge on any atom is 0.270 e. The summed E-state index contributed by atoms with van der Waals surface area (Å²) in [6.45, 7) is 1.38. The van der Waals surface area contributed by atoms with Crippen LogP contribution in [0.15, 0.2) is 34.1 Å². The Labute approximate surface area is 147 Å². The maximum absolute atomic E-state index is 11.9. The molecule has 0 aliphatic carbocycles. The van der Waals surface area contributed by atoms with Crippen LogP contribution in [-0.4, -0.2) is 30.6 Å². The van der Waals surface area contributed by atoms with E-state index in [-0.39, 0.29) is 18.3 Å². The van der Waals surface area contributed by atoms with Gasteiger partial charge in [-0.3, -0.25) is 4.79 Å². The fraction of sp³-hybridized carbons (Fsp3) is 0.286. The molecule has 22 heavy (non-hydrogen) atoms. The van der Waals surface area contributed by atoms with Gasteiger partial charge in [-0.2, -0.15) is 0 Å². The van der Waals surface area contributed by atoms with Gasteiger partial charge in [-0.1, -0.05) is 15.9 Å². The average Bonchev–Trinajstić information content (AvgIpc) is 2.94. The van der Waals surface area contributed by atoms with Gasteiger partial charge < -0.3 is 15.8 Å². The predicted molar refractivity (Wildman–Crippen MR) is 94.1 cm³/mol. The van der Waals surface area contributed by atoms with Crippen molar-refractivity contribution < 1.29 is 9.53 Å². The van der Waals surface area contributed by atoms with E-state index in [2.05, 4.69) is 26.2 Å². The Balaban J connectivity index is 0.00000242. The molecular formula is C14H17BrClN3O2S. The van der Waals surface area contributed by atoms with Gasteiger partial charge in [-0.05, 0) is 30.8 Å².